The second-order valence-corrected chi connectivity index (χ2v) is 5.79. The van der Waals surface area contributed by atoms with Gasteiger partial charge in [0.2, 0.25) is 0 Å². The Hall–Kier alpha value is -1.38. The Bertz CT molecular complexity index is 578. The van der Waals surface area contributed by atoms with Gasteiger partial charge in [-0.1, -0.05) is 55.8 Å². The molecule has 0 bridgehead atoms. The Morgan fingerprint density at radius 1 is 1.05 bits per heavy atom. The van der Waals surface area contributed by atoms with Gasteiger partial charge in [-0.3, -0.25) is 0 Å². The Labute approximate surface area is 124 Å². The average Bonchev–Trinajstić information content (AvgIpc) is 2.43. The Kier molecular flexibility index (Phi) is 4.79. The zero-order chi connectivity index (χ0) is 14.7. The quantitative estimate of drug-likeness (QED) is 0.856. The minimum Gasteiger partial charge on any atom is -0.324 e. The summed E-state index contributed by atoms with van der Waals surface area (Å²) in [5.41, 5.74) is 9.39. The standard InChI is InChI=1S/C17H19ClFN/c1-11(2)13-4-6-14(7-5-13)17(20)10-12-3-8-15(18)16(19)9-12/h3-9,11,17H,10,20H2,1-2H3. The van der Waals surface area contributed by atoms with Gasteiger partial charge >= 0.3 is 0 Å². The molecule has 1 nitrogen and oxygen atoms in total. The van der Waals surface area contributed by atoms with Gasteiger partial charge in [0.05, 0.1) is 5.02 Å². The third-order valence-electron chi connectivity index (χ3n) is 3.47. The molecular weight excluding hydrogens is 273 g/mol. The molecule has 0 aliphatic rings. The second-order valence-electron chi connectivity index (χ2n) is 5.38. The lowest BCUT2D eigenvalue weighted by atomic mass is 9.96. The molecule has 0 saturated carbocycles. The van der Waals surface area contributed by atoms with Crippen molar-refractivity contribution in [2.24, 2.45) is 5.73 Å². The average molecular weight is 292 g/mol. The van der Waals surface area contributed by atoms with Gasteiger partial charge in [0.25, 0.3) is 0 Å². The molecule has 0 heterocycles. The van der Waals surface area contributed by atoms with Crippen LogP contribution in [0.2, 0.25) is 5.02 Å². The fourth-order valence-electron chi connectivity index (χ4n) is 2.17. The van der Waals surface area contributed by atoms with Crippen molar-refractivity contribution in [3.8, 4) is 0 Å². The van der Waals surface area contributed by atoms with Crippen molar-refractivity contribution < 1.29 is 4.39 Å². The molecule has 106 valence electrons. The van der Waals surface area contributed by atoms with Crippen LogP contribution in [0.1, 0.15) is 42.5 Å². The van der Waals surface area contributed by atoms with Gasteiger partial charge in [0, 0.05) is 6.04 Å². The highest BCUT2D eigenvalue weighted by molar-refractivity contribution is 6.30. The molecule has 0 aromatic heterocycles. The van der Waals surface area contributed by atoms with Gasteiger partial charge in [0.15, 0.2) is 0 Å². The van der Waals surface area contributed by atoms with Crippen LogP contribution in [0, 0.1) is 5.82 Å². The van der Waals surface area contributed by atoms with Crippen LogP contribution in [0.15, 0.2) is 42.5 Å². The minimum absolute atomic E-state index is 0.142. The molecule has 2 aromatic carbocycles. The van der Waals surface area contributed by atoms with Crippen molar-refractivity contribution in [3.63, 3.8) is 0 Å². The van der Waals surface area contributed by atoms with Gasteiger partial charge < -0.3 is 5.73 Å². The molecule has 2 aromatic rings. The SMILES string of the molecule is CC(C)c1ccc(C(N)Cc2ccc(Cl)c(F)c2)cc1. The zero-order valence-electron chi connectivity index (χ0n) is 11.7. The fraction of sp³-hybridized carbons (Fsp3) is 0.294. The monoisotopic (exact) mass is 291 g/mol. The van der Waals surface area contributed by atoms with Gasteiger partial charge in [0.1, 0.15) is 5.82 Å². The van der Waals surface area contributed by atoms with E-state index in [1.54, 1.807) is 6.07 Å². The van der Waals surface area contributed by atoms with E-state index in [4.69, 9.17) is 17.3 Å². The van der Waals surface area contributed by atoms with E-state index >= 15 is 0 Å². The van der Waals surface area contributed by atoms with E-state index in [9.17, 15) is 4.39 Å². The molecule has 2 rings (SSSR count). The van der Waals surface area contributed by atoms with E-state index in [0.29, 0.717) is 12.3 Å². The third kappa shape index (κ3) is 3.59. The first-order valence-corrected chi connectivity index (χ1v) is 7.14. The molecule has 20 heavy (non-hydrogen) atoms. The molecule has 0 saturated heterocycles. The van der Waals surface area contributed by atoms with Gasteiger partial charge in [-0.25, -0.2) is 4.39 Å². The summed E-state index contributed by atoms with van der Waals surface area (Å²) in [5, 5.41) is 0.142. The predicted octanol–water partition coefficient (Wildman–Crippen LogP) is 4.85. The zero-order valence-corrected chi connectivity index (χ0v) is 12.5. The normalized spacial score (nSPS) is 12.7. The number of hydrogen-bond donors (Lipinski definition) is 1. The summed E-state index contributed by atoms with van der Waals surface area (Å²) in [6.45, 7) is 4.32. The lowest BCUT2D eigenvalue weighted by Crippen LogP contribution is -2.13. The molecule has 0 fully saturated rings. The lowest BCUT2D eigenvalue weighted by Gasteiger charge is -2.14. The smallest absolute Gasteiger partial charge is 0.142 e. The number of nitrogens with two attached hydrogens (primary N) is 1. The maximum atomic E-state index is 13.4. The van der Waals surface area contributed by atoms with Crippen LogP contribution < -0.4 is 5.73 Å². The molecule has 2 N–H and O–H groups in total. The van der Waals surface area contributed by atoms with Crippen molar-refractivity contribution in [2.45, 2.75) is 32.2 Å². The van der Waals surface area contributed by atoms with E-state index in [1.807, 2.05) is 18.2 Å². The first-order chi connectivity index (χ1) is 9.47. The third-order valence-corrected chi connectivity index (χ3v) is 3.78. The van der Waals surface area contributed by atoms with Crippen LogP contribution in [-0.4, -0.2) is 0 Å². The van der Waals surface area contributed by atoms with Crippen LogP contribution in [0.3, 0.4) is 0 Å². The van der Waals surface area contributed by atoms with Crippen LogP contribution in [0.25, 0.3) is 0 Å². The van der Waals surface area contributed by atoms with E-state index in [1.165, 1.54) is 11.6 Å². The molecule has 0 radical (unpaired) electrons. The fourth-order valence-corrected chi connectivity index (χ4v) is 2.28. The molecule has 3 heteroatoms. The Morgan fingerprint density at radius 3 is 2.20 bits per heavy atom. The van der Waals surface area contributed by atoms with Gasteiger partial charge in [-0.05, 0) is 41.2 Å². The van der Waals surface area contributed by atoms with Crippen LogP contribution in [-0.2, 0) is 6.42 Å². The molecule has 0 spiro atoms. The molecule has 0 aliphatic heterocycles. The number of benzene rings is 2. The van der Waals surface area contributed by atoms with Crippen LogP contribution in [0.5, 0.6) is 0 Å². The summed E-state index contributed by atoms with van der Waals surface area (Å²) >= 11 is 5.67. The Balaban J connectivity index is 2.10. The minimum atomic E-state index is -0.397. The highest BCUT2D eigenvalue weighted by Crippen LogP contribution is 2.22. The molecule has 1 unspecified atom stereocenters. The highest BCUT2D eigenvalue weighted by atomic mass is 35.5. The molecule has 0 aliphatic carbocycles. The summed E-state index contributed by atoms with van der Waals surface area (Å²) in [4.78, 5) is 0. The summed E-state index contributed by atoms with van der Waals surface area (Å²) < 4.78 is 13.4. The van der Waals surface area contributed by atoms with Crippen molar-refractivity contribution in [2.75, 3.05) is 0 Å². The van der Waals surface area contributed by atoms with E-state index < -0.39 is 5.82 Å². The molecular formula is C17H19ClFN. The first-order valence-electron chi connectivity index (χ1n) is 6.76. The second kappa shape index (κ2) is 6.38. The number of rotatable bonds is 4. The van der Waals surface area contributed by atoms with E-state index in [-0.39, 0.29) is 11.1 Å². The van der Waals surface area contributed by atoms with Gasteiger partial charge in [-0.2, -0.15) is 0 Å². The van der Waals surface area contributed by atoms with Crippen LogP contribution >= 0.6 is 11.6 Å². The van der Waals surface area contributed by atoms with Crippen LogP contribution in [0.4, 0.5) is 4.39 Å². The summed E-state index contributed by atoms with van der Waals surface area (Å²) in [6.07, 6.45) is 0.592. The summed E-state index contributed by atoms with van der Waals surface area (Å²) in [5.74, 6) is 0.108. The van der Waals surface area contributed by atoms with E-state index in [0.717, 1.165) is 11.1 Å². The molecule has 0 amide bonds. The summed E-state index contributed by atoms with van der Waals surface area (Å²) in [6, 6.07) is 13.0. The van der Waals surface area contributed by atoms with Gasteiger partial charge in [-0.15, -0.1) is 0 Å². The van der Waals surface area contributed by atoms with Crippen molar-refractivity contribution >= 4 is 11.6 Å². The number of halogens is 2. The van der Waals surface area contributed by atoms with Crippen molar-refractivity contribution in [1.29, 1.82) is 0 Å². The lowest BCUT2D eigenvalue weighted by molar-refractivity contribution is 0.622. The van der Waals surface area contributed by atoms with Crippen molar-refractivity contribution in [1.82, 2.24) is 0 Å². The predicted molar refractivity (Wildman–Crippen MR) is 82.6 cm³/mol. The maximum absolute atomic E-state index is 13.4. The highest BCUT2D eigenvalue weighted by Gasteiger charge is 2.09. The molecule has 1 atom stereocenters. The van der Waals surface area contributed by atoms with E-state index in [2.05, 4.69) is 26.0 Å². The Morgan fingerprint density at radius 2 is 1.65 bits per heavy atom. The maximum Gasteiger partial charge on any atom is 0.142 e. The first kappa shape index (κ1) is 15.0. The topological polar surface area (TPSA) is 26.0 Å². The van der Waals surface area contributed by atoms with Crippen molar-refractivity contribution in [3.05, 3.63) is 70.0 Å². The largest absolute Gasteiger partial charge is 0.324 e. The number of hydrogen-bond acceptors (Lipinski definition) is 1. The summed E-state index contributed by atoms with van der Waals surface area (Å²) in [7, 11) is 0.